The minimum Gasteiger partial charge on any atom is -0.508 e. The van der Waals surface area contributed by atoms with Crippen LogP contribution in [-0.4, -0.2) is 17.6 Å². The molecule has 1 rings (SSSR count). The monoisotopic (exact) mass is 221 g/mol. The third-order valence-electron chi connectivity index (χ3n) is 2.83. The summed E-state index contributed by atoms with van der Waals surface area (Å²) in [7, 11) is 0. The molecular weight excluding hydrogens is 202 g/mol. The zero-order valence-electron chi connectivity index (χ0n) is 10.0. The molecule has 0 aromatic heterocycles. The number of carbonyl (C=O) groups excluding carboxylic acids is 1. The van der Waals surface area contributed by atoms with E-state index in [2.05, 4.69) is 26.1 Å². The van der Waals surface area contributed by atoms with Gasteiger partial charge in [0, 0.05) is 12.1 Å². The first kappa shape index (κ1) is 12.6. The topological polar surface area (TPSA) is 49.3 Å². The van der Waals surface area contributed by atoms with Gasteiger partial charge in [0.25, 0.3) is 5.91 Å². The van der Waals surface area contributed by atoms with E-state index in [1.165, 1.54) is 6.07 Å². The predicted octanol–water partition coefficient (Wildman–Crippen LogP) is 2.41. The summed E-state index contributed by atoms with van der Waals surface area (Å²) in [6, 6.07) is 6.37. The van der Waals surface area contributed by atoms with E-state index in [9.17, 15) is 9.90 Å². The summed E-state index contributed by atoms with van der Waals surface area (Å²) in [5.41, 5.74) is 0.496. The second-order valence-electron chi connectivity index (χ2n) is 4.48. The van der Waals surface area contributed by atoms with Crippen molar-refractivity contribution in [2.45, 2.75) is 20.8 Å². The van der Waals surface area contributed by atoms with Gasteiger partial charge in [-0.3, -0.25) is 4.79 Å². The van der Waals surface area contributed by atoms with Crippen LogP contribution in [0.3, 0.4) is 0 Å². The van der Waals surface area contributed by atoms with Crippen molar-refractivity contribution >= 4 is 5.91 Å². The first-order valence-corrected chi connectivity index (χ1v) is 5.58. The van der Waals surface area contributed by atoms with Crippen molar-refractivity contribution in [1.29, 1.82) is 0 Å². The largest absolute Gasteiger partial charge is 0.508 e. The van der Waals surface area contributed by atoms with Crippen LogP contribution >= 0.6 is 0 Å². The second-order valence-corrected chi connectivity index (χ2v) is 4.48. The van der Waals surface area contributed by atoms with Crippen LogP contribution < -0.4 is 5.32 Å². The molecule has 0 heterocycles. The highest BCUT2D eigenvalue weighted by Crippen LogP contribution is 2.11. The van der Waals surface area contributed by atoms with Crippen LogP contribution in [0.25, 0.3) is 0 Å². The second kappa shape index (κ2) is 5.54. The van der Waals surface area contributed by atoms with Gasteiger partial charge in [0.2, 0.25) is 0 Å². The highest BCUT2D eigenvalue weighted by Gasteiger charge is 2.10. The fourth-order valence-electron chi connectivity index (χ4n) is 1.24. The Kier molecular flexibility index (Phi) is 4.35. The van der Waals surface area contributed by atoms with Crippen LogP contribution in [0.5, 0.6) is 5.75 Å². The van der Waals surface area contributed by atoms with E-state index in [1.807, 2.05) is 0 Å². The molecule has 0 spiro atoms. The van der Waals surface area contributed by atoms with Crippen molar-refractivity contribution in [2.24, 2.45) is 11.8 Å². The van der Waals surface area contributed by atoms with Gasteiger partial charge in [0.15, 0.2) is 0 Å². The van der Waals surface area contributed by atoms with Crippen LogP contribution in [0, 0.1) is 11.8 Å². The molecule has 1 atom stereocenters. The van der Waals surface area contributed by atoms with Crippen LogP contribution in [0.2, 0.25) is 0 Å². The lowest BCUT2D eigenvalue weighted by Gasteiger charge is -2.16. The van der Waals surface area contributed by atoms with Gasteiger partial charge < -0.3 is 10.4 Å². The van der Waals surface area contributed by atoms with Crippen molar-refractivity contribution in [3.63, 3.8) is 0 Å². The zero-order chi connectivity index (χ0) is 12.1. The maximum atomic E-state index is 11.7. The number of phenolic OH excluding ortho intramolecular Hbond substituents is 1. The molecule has 3 nitrogen and oxygen atoms in total. The van der Waals surface area contributed by atoms with Crippen LogP contribution in [0.4, 0.5) is 0 Å². The Labute approximate surface area is 96.5 Å². The first-order valence-electron chi connectivity index (χ1n) is 5.58. The van der Waals surface area contributed by atoms with Crippen molar-refractivity contribution in [3.05, 3.63) is 29.8 Å². The summed E-state index contributed by atoms with van der Waals surface area (Å²) in [6.45, 7) is 7.02. The van der Waals surface area contributed by atoms with Crippen molar-refractivity contribution in [2.75, 3.05) is 6.54 Å². The lowest BCUT2D eigenvalue weighted by Crippen LogP contribution is -2.30. The minimum atomic E-state index is -0.136. The Balaban J connectivity index is 2.53. The van der Waals surface area contributed by atoms with Gasteiger partial charge in [0.1, 0.15) is 5.75 Å². The number of nitrogens with one attached hydrogen (secondary N) is 1. The zero-order valence-corrected chi connectivity index (χ0v) is 10.0. The standard InChI is InChI=1S/C13H19NO2/c1-9(2)10(3)8-14-13(16)11-5-4-6-12(15)7-11/h4-7,9-10,15H,8H2,1-3H3,(H,14,16). The quantitative estimate of drug-likeness (QED) is 0.820. The highest BCUT2D eigenvalue weighted by molar-refractivity contribution is 5.94. The highest BCUT2D eigenvalue weighted by atomic mass is 16.3. The summed E-state index contributed by atoms with van der Waals surface area (Å²) < 4.78 is 0. The SMILES string of the molecule is CC(C)C(C)CNC(=O)c1cccc(O)c1. The van der Waals surface area contributed by atoms with Crippen LogP contribution in [-0.2, 0) is 0 Å². The minimum absolute atomic E-state index is 0.115. The average Bonchev–Trinajstić information content (AvgIpc) is 2.25. The molecule has 3 heteroatoms. The van der Waals surface area contributed by atoms with Crippen LogP contribution in [0.1, 0.15) is 31.1 Å². The maximum Gasteiger partial charge on any atom is 0.251 e. The summed E-state index contributed by atoms with van der Waals surface area (Å²) >= 11 is 0. The number of amides is 1. The Bertz CT molecular complexity index is 361. The van der Waals surface area contributed by atoms with Gasteiger partial charge in [0.05, 0.1) is 0 Å². The number of aromatic hydroxyl groups is 1. The van der Waals surface area contributed by atoms with Gasteiger partial charge >= 0.3 is 0 Å². The van der Waals surface area contributed by atoms with Crippen molar-refractivity contribution < 1.29 is 9.90 Å². The summed E-state index contributed by atoms with van der Waals surface area (Å²) in [5.74, 6) is 0.971. The summed E-state index contributed by atoms with van der Waals surface area (Å²) in [5, 5.41) is 12.1. The number of rotatable bonds is 4. The van der Waals surface area contributed by atoms with E-state index in [4.69, 9.17) is 0 Å². The van der Waals surface area contributed by atoms with Crippen LogP contribution in [0.15, 0.2) is 24.3 Å². The van der Waals surface area contributed by atoms with Gasteiger partial charge in [-0.05, 0) is 30.0 Å². The summed E-state index contributed by atoms with van der Waals surface area (Å²) in [4.78, 5) is 11.7. The van der Waals surface area contributed by atoms with E-state index in [1.54, 1.807) is 18.2 Å². The fraction of sp³-hybridized carbons (Fsp3) is 0.462. The first-order chi connectivity index (χ1) is 7.50. The van der Waals surface area contributed by atoms with Gasteiger partial charge in [-0.1, -0.05) is 26.8 Å². The molecule has 0 bridgehead atoms. The fourth-order valence-corrected chi connectivity index (χ4v) is 1.24. The lowest BCUT2D eigenvalue weighted by molar-refractivity contribution is 0.0944. The normalized spacial score (nSPS) is 12.5. The smallest absolute Gasteiger partial charge is 0.251 e. The van der Waals surface area contributed by atoms with E-state index in [0.717, 1.165) is 0 Å². The van der Waals surface area contributed by atoms with E-state index < -0.39 is 0 Å². The number of hydrogen-bond acceptors (Lipinski definition) is 2. The van der Waals surface area contributed by atoms with Gasteiger partial charge in [-0.25, -0.2) is 0 Å². The maximum absolute atomic E-state index is 11.7. The molecular formula is C13H19NO2. The Morgan fingerprint density at radius 2 is 2.06 bits per heavy atom. The molecule has 1 unspecified atom stereocenters. The molecule has 1 aromatic carbocycles. The molecule has 1 aromatic rings. The lowest BCUT2D eigenvalue weighted by atomic mass is 9.98. The molecule has 2 N–H and O–H groups in total. The van der Waals surface area contributed by atoms with Gasteiger partial charge in [-0.15, -0.1) is 0 Å². The molecule has 0 saturated carbocycles. The molecule has 0 fully saturated rings. The Morgan fingerprint density at radius 1 is 1.38 bits per heavy atom. The van der Waals surface area contributed by atoms with Crippen molar-refractivity contribution in [3.8, 4) is 5.75 Å². The molecule has 16 heavy (non-hydrogen) atoms. The molecule has 0 saturated heterocycles. The molecule has 0 radical (unpaired) electrons. The third kappa shape index (κ3) is 3.57. The third-order valence-corrected chi connectivity index (χ3v) is 2.83. The molecule has 0 aliphatic rings. The molecule has 88 valence electrons. The molecule has 0 aliphatic carbocycles. The van der Waals surface area contributed by atoms with E-state index in [0.29, 0.717) is 23.9 Å². The van der Waals surface area contributed by atoms with Crippen molar-refractivity contribution in [1.82, 2.24) is 5.32 Å². The number of hydrogen-bond donors (Lipinski definition) is 2. The number of carbonyl (C=O) groups is 1. The number of benzene rings is 1. The Hall–Kier alpha value is -1.51. The van der Waals surface area contributed by atoms with Gasteiger partial charge in [-0.2, -0.15) is 0 Å². The predicted molar refractivity (Wildman–Crippen MR) is 64.4 cm³/mol. The number of phenols is 1. The Morgan fingerprint density at radius 3 is 2.62 bits per heavy atom. The summed E-state index contributed by atoms with van der Waals surface area (Å²) in [6.07, 6.45) is 0. The molecule has 0 aliphatic heterocycles. The van der Waals surface area contributed by atoms with E-state index in [-0.39, 0.29) is 11.7 Å². The average molecular weight is 221 g/mol. The van der Waals surface area contributed by atoms with E-state index >= 15 is 0 Å². The molecule has 1 amide bonds.